The Morgan fingerprint density at radius 2 is 1.84 bits per heavy atom. The van der Waals surface area contributed by atoms with Crippen LogP contribution >= 0.6 is 0 Å². The average molecular weight is 436 g/mol. The van der Waals surface area contributed by atoms with E-state index in [1.807, 2.05) is 30.3 Å². The molecule has 1 fully saturated rings. The SMILES string of the molecule is CN=C(NCc1ccc(-n2cncn2)cc1)NC1CCN(c2cc(OC)cc(OC)c2)C1. The first-order valence-electron chi connectivity index (χ1n) is 10.6. The van der Waals surface area contributed by atoms with E-state index in [0.29, 0.717) is 12.6 Å². The molecule has 0 amide bonds. The normalized spacial score (nSPS) is 16.2. The summed E-state index contributed by atoms with van der Waals surface area (Å²) in [6.07, 6.45) is 4.23. The molecule has 0 radical (unpaired) electrons. The van der Waals surface area contributed by atoms with Gasteiger partial charge in [-0.15, -0.1) is 0 Å². The summed E-state index contributed by atoms with van der Waals surface area (Å²) >= 11 is 0. The summed E-state index contributed by atoms with van der Waals surface area (Å²) in [6.45, 7) is 2.51. The maximum Gasteiger partial charge on any atom is 0.191 e. The first-order valence-corrected chi connectivity index (χ1v) is 10.6. The van der Waals surface area contributed by atoms with E-state index in [9.17, 15) is 0 Å². The summed E-state index contributed by atoms with van der Waals surface area (Å²) in [5, 5.41) is 11.1. The zero-order chi connectivity index (χ0) is 22.3. The number of aromatic nitrogens is 3. The third-order valence-corrected chi connectivity index (χ3v) is 5.53. The van der Waals surface area contributed by atoms with E-state index in [-0.39, 0.29) is 0 Å². The first kappa shape index (κ1) is 21.5. The van der Waals surface area contributed by atoms with Gasteiger partial charge < -0.3 is 25.0 Å². The zero-order valence-electron chi connectivity index (χ0n) is 18.7. The van der Waals surface area contributed by atoms with Crippen LogP contribution in [0.25, 0.3) is 5.69 Å². The Morgan fingerprint density at radius 3 is 2.47 bits per heavy atom. The first-order chi connectivity index (χ1) is 15.7. The summed E-state index contributed by atoms with van der Waals surface area (Å²) in [4.78, 5) is 10.7. The molecule has 9 heteroatoms. The van der Waals surface area contributed by atoms with Gasteiger partial charge >= 0.3 is 0 Å². The van der Waals surface area contributed by atoms with Crippen molar-refractivity contribution in [3.8, 4) is 17.2 Å². The van der Waals surface area contributed by atoms with Crippen LogP contribution in [0.4, 0.5) is 5.69 Å². The van der Waals surface area contributed by atoms with Crippen molar-refractivity contribution >= 4 is 11.6 Å². The molecule has 2 aromatic carbocycles. The lowest BCUT2D eigenvalue weighted by molar-refractivity contribution is 0.394. The van der Waals surface area contributed by atoms with Crippen LogP contribution in [0.3, 0.4) is 0 Å². The molecule has 9 nitrogen and oxygen atoms in total. The minimum atomic E-state index is 0.299. The van der Waals surface area contributed by atoms with E-state index in [4.69, 9.17) is 9.47 Å². The van der Waals surface area contributed by atoms with Crippen molar-refractivity contribution in [2.45, 2.75) is 19.0 Å². The summed E-state index contributed by atoms with van der Waals surface area (Å²) in [7, 11) is 5.14. The molecule has 168 valence electrons. The Labute approximate surface area is 188 Å². The lowest BCUT2D eigenvalue weighted by Gasteiger charge is -2.21. The monoisotopic (exact) mass is 435 g/mol. The molecule has 2 heterocycles. The van der Waals surface area contributed by atoms with Gasteiger partial charge in [-0.05, 0) is 24.1 Å². The number of hydrogen-bond acceptors (Lipinski definition) is 6. The largest absolute Gasteiger partial charge is 0.497 e. The molecular weight excluding hydrogens is 406 g/mol. The fraction of sp³-hybridized carbons (Fsp3) is 0.348. The van der Waals surface area contributed by atoms with Crippen LogP contribution in [0.15, 0.2) is 60.1 Å². The lowest BCUT2D eigenvalue weighted by atomic mass is 10.2. The number of nitrogens with one attached hydrogen (secondary N) is 2. The van der Waals surface area contributed by atoms with E-state index < -0.39 is 0 Å². The van der Waals surface area contributed by atoms with E-state index in [2.05, 4.69) is 42.7 Å². The van der Waals surface area contributed by atoms with Gasteiger partial charge in [0.2, 0.25) is 0 Å². The van der Waals surface area contributed by atoms with Crippen molar-refractivity contribution in [1.82, 2.24) is 25.4 Å². The Morgan fingerprint density at radius 1 is 1.09 bits per heavy atom. The average Bonchev–Trinajstić information content (AvgIpc) is 3.54. The highest BCUT2D eigenvalue weighted by Crippen LogP contribution is 2.30. The number of aliphatic imine (C=N–C) groups is 1. The molecule has 32 heavy (non-hydrogen) atoms. The van der Waals surface area contributed by atoms with Gasteiger partial charge in [-0.2, -0.15) is 5.10 Å². The second-order valence-corrected chi connectivity index (χ2v) is 7.58. The molecule has 2 N–H and O–H groups in total. The topological polar surface area (TPSA) is 88.8 Å². The molecule has 3 aromatic rings. The molecule has 0 aliphatic carbocycles. The second-order valence-electron chi connectivity index (χ2n) is 7.58. The van der Waals surface area contributed by atoms with Crippen LogP contribution in [-0.2, 0) is 6.54 Å². The molecule has 1 aliphatic heterocycles. The van der Waals surface area contributed by atoms with Crippen LogP contribution in [0.1, 0.15) is 12.0 Å². The maximum atomic E-state index is 5.41. The van der Waals surface area contributed by atoms with Crippen molar-refractivity contribution in [3.63, 3.8) is 0 Å². The minimum Gasteiger partial charge on any atom is -0.497 e. The molecular formula is C23H29N7O2. The third kappa shape index (κ3) is 5.11. The lowest BCUT2D eigenvalue weighted by Crippen LogP contribution is -2.44. The standard InChI is InChI=1S/C23H29N7O2/c1-24-23(26-13-17-4-6-19(7-5-17)30-16-25-15-27-30)28-18-8-9-29(14-18)20-10-21(31-2)12-22(11-20)32-3/h4-7,10-12,15-16,18H,8-9,13-14H2,1-3H3,(H2,24,26,28). The Kier molecular flexibility index (Phi) is 6.74. The van der Waals surface area contributed by atoms with Gasteiger partial charge in [-0.3, -0.25) is 4.99 Å². The number of ether oxygens (including phenoxy) is 2. The van der Waals surface area contributed by atoms with Gasteiger partial charge in [0.1, 0.15) is 24.2 Å². The molecule has 0 bridgehead atoms. The predicted octanol–water partition coefficient (Wildman–Crippen LogP) is 2.23. The van der Waals surface area contributed by atoms with Gasteiger partial charge in [0.15, 0.2) is 5.96 Å². The molecule has 0 saturated carbocycles. The minimum absolute atomic E-state index is 0.299. The van der Waals surface area contributed by atoms with Crippen molar-refractivity contribution in [2.75, 3.05) is 39.3 Å². The predicted molar refractivity (Wildman–Crippen MR) is 125 cm³/mol. The van der Waals surface area contributed by atoms with Crippen molar-refractivity contribution in [2.24, 2.45) is 4.99 Å². The van der Waals surface area contributed by atoms with Gasteiger partial charge in [0, 0.05) is 56.6 Å². The number of benzene rings is 2. The molecule has 1 atom stereocenters. The van der Waals surface area contributed by atoms with Gasteiger partial charge in [-0.25, -0.2) is 9.67 Å². The molecule has 1 unspecified atom stereocenters. The fourth-order valence-corrected chi connectivity index (χ4v) is 3.77. The summed E-state index contributed by atoms with van der Waals surface area (Å²) in [5.74, 6) is 2.38. The molecule has 1 saturated heterocycles. The number of guanidine groups is 1. The van der Waals surface area contributed by atoms with Crippen molar-refractivity contribution < 1.29 is 9.47 Å². The van der Waals surface area contributed by atoms with Gasteiger partial charge in [0.25, 0.3) is 0 Å². The van der Waals surface area contributed by atoms with Gasteiger partial charge in [0.05, 0.1) is 19.9 Å². The number of methoxy groups -OCH3 is 2. The zero-order valence-corrected chi connectivity index (χ0v) is 18.7. The second kappa shape index (κ2) is 10.0. The van der Waals surface area contributed by atoms with E-state index in [1.54, 1.807) is 32.3 Å². The molecule has 0 spiro atoms. The van der Waals surface area contributed by atoms with Crippen molar-refractivity contribution in [1.29, 1.82) is 0 Å². The maximum absolute atomic E-state index is 5.41. The number of anilines is 1. The highest BCUT2D eigenvalue weighted by atomic mass is 16.5. The Hall–Kier alpha value is -3.75. The summed E-state index contributed by atoms with van der Waals surface area (Å²) in [6, 6.07) is 14.5. The van der Waals surface area contributed by atoms with Gasteiger partial charge in [-0.1, -0.05) is 12.1 Å². The Bertz CT molecular complexity index is 1010. The number of hydrogen-bond donors (Lipinski definition) is 2. The summed E-state index contributed by atoms with van der Waals surface area (Å²) in [5.41, 5.74) is 3.24. The van der Waals surface area contributed by atoms with Crippen LogP contribution in [-0.4, -0.2) is 61.1 Å². The molecule has 1 aromatic heterocycles. The highest BCUT2D eigenvalue weighted by molar-refractivity contribution is 5.80. The van der Waals surface area contributed by atoms with Crippen LogP contribution in [0.2, 0.25) is 0 Å². The summed E-state index contributed by atoms with van der Waals surface area (Å²) < 4.78 is 12.6. The van der Waals surface area contributed by atoms with Crippen LogP contribution < -0.4 is 25.0 Å². The van der Waals surface area contributed by atoms with E-state index in [1.165, 1.54) is 6.33 Å². The smallest absolute Gasteiger partial charge is 0.191 e. The van der Waals surface area contributed by atoms with E-state index >= 15 is 0 Å². The van der Waals surface area contributed by atoms with E-state index in [0.717, 1.165) is 53.9 Å². The molecule has 4 rings (SSSR count). The number of nitrogens with zero attached hydrogens (tertiary/aromatic N) is 5. The van der Waals surface area contributed by atoms with Crippen molar-refractivity contribution in [3.05, 3.63) is 60.7 Å². The Balaban J connectivity index is 1.31. The third-order valence-electron chi connectivity index (χ3n) is 5.53. The molecule has 1 aliphatic rings. The van der Waals surface area contributed by atoms with Crippen LogP contribution in [0.5, 0.6) is 11.5 Å². The highest BCUT2D eigenvalue weighted by Gasteiger charge is 2.24. The quantitative estimate of drug-likeness (QED) is 0.435. The fourth-order valence-electron chi connectivity index (χ4n) is 3.77. The number of rotatable bonds is 7. The van der Waals surface area contributed by atoms with Crippen LogP contribution in [0, 0.1) is 0 Å².